The van der Waals surface area contributed by atoms with E-state index in [1.165, 1.54) is 7.11 Å². The first-order valence-corrected chi connectivity index (χ1v) is 8.31. The summed E-state index contributed by atoms with van der Waals surface area (Å²) in [6, 6.07) is 11.9. The van der Waals surface area contributed by atoms with Gasteiger partial charge in [-0.1, -0.05) is 0 Å². The number of allylic oxidation sites excluding steroid dienone is 1. The van der Waals surface area contributed by atoms with E-state index in [4.69, 9.17) is 9.47 Å². The molecule has 1 aliphatic heterocycles. The Morgan fingerprint density at radius 1 is 1.19 bits per heavy atom. The van der Waals surface area contributed by atoms with Gasteiger partial charge < -0.3 is 9.47 Å². The first-order valence-electron chi connectivity index (χ1n) is 8.31. The number of hydrogen-bond donors (Lipinski definition) is 1. The van der Waals surface area contributed by atoms with Crippen LogP contribution >= 0.6 is 0 Å². The lowest BCUT2D eigenvalue weighted by Crippen LogP contribution is -2.56. The molecular formula is C19H16N4O4. The number of rotatable bonds is 2. The molecule has 27 heavy (non-hydrogen) atoms. The van der Waals surface area contributed by atoms with Crippen LogP contribution in [0.2, 0.25) is 0 Å². The van der Waals surface area contributed by atoms with Crippen LogP contribution in [0.4, 0.5) is 0 Å². The van der Waals surface area contributed by atoms with Crippen LogP contribution in [-0.4, -0.2) is 35.4 Å². The van der Waals surface area contributed by atoms with Gasteiger partial charge in [-0.25, -0.2) is 5.06 Å². The predicted molar refractivity (Wildman–Crippen MR) is 90.3 cm³/mol. The minimum atomic E-state index is -0.837. The van der Waals surface area contributed by atoms with E-state index >= 15 is 0 Å². The molecule has 0 spiro atoms. The number of benzene rings is 1. The molecule has 1 amide bonds. The number of hydrogen-bond acceptors (Lipinski definition) is 7. The van der Waals surface area contributed by atoms with Gasteiger partial charge in [0.05, 0.1) is 37.1 Å². The number of hydroxylamine groups is 2. The monoisotopic (exact) mass is 364 g/mol. The highest BCUT2D eigenvalue weighted by atomic mass is 16.6. The Kier molecular flexibility index (Phi) is 4.98. The van der Waals surface area contributed by atoms with Crippen molar-refractivity contribution in [2.24, 2.45) is 11.8 Å². The zero-order valence-corrected chi connectivity index (χ0v) is 14.5. The molecule has 2 aliphatic rings. The molecule has 4 atom stereocenters. The average Bonchev–Trinajstić information content (AvgIpc) is 2.71. The van der Waals surface area contributed by atoms with Crippen LogP contribution in [0.25, 0.3) is 5.57 Å². The lowest BCUT2D eigenvalue weighted by atomic mass is 9.76. The normalized spacial score (nSPS) is 28.7. The molecule has 3 rings (SSSR count). The molecule has 0 aromatic heterocycles. The van der Waals surface area contributed by atoms with Crippen molar-refractivity contribution in [3.05, 3.63) is 35.6 Å². The summed E-state index contributed by atoms with van der Waals surface area (Å²) in [5.41, 5.74) is 0.423. The molecule has 8 heteroatoms. The van der Waals surface area contributed by atoms with Gasteiger partial charge in [0.15, 0.2) is 0 Å². The summed E-state index contributed by atoms with van der Waals surface area (Å²) < 4.78 is 10.9. The quantitative estimate of drug-likeness (QED) is 0.482. The molecule has 1 aliphatic carbocycles. The molecule has 4 unspecified atom stereocenters. The maximum Gasteiger partial charge on any atom is 0.314 e. The van der Waals surface area contributed by atoms with Gasteiger partial charge in [-0.3, -0.25) is 10.0 Å². The summed E-state index contributed by atoms with van der Waals surface area (Å²) in [5, 5.41) is 38.9. The van der Waals surface area contributed by atoms with Gasteiger partial charge >= 0.3 is 5.91 Å². The highest BCUT2D eigenvalue weighted by Gasteiger charge is 2.48. The van der Waals surface area contributed by atoms with Crippen LogP contribution in [0.5, 0.6) is 5.75 Å². The number of carbonyl (C=O) groups is 1. The van der Waals surface area contributed by atoms with Gasteiger partial charge in [-0.05, 0) is 36.2 Å². The second-order valence-corrected chi connectivity index (χ2v) is 6.36. The fourth-order valence-electron chi connectivity index (χ4n) is 3.44. The number of fused-ring (bicyclic) bond motifs is 1. The molecule has 1 saturated heterocycles. The third-order valence-electron chi connectivity index (χ3n) is 4.93. The SMILES string of the molecule is COc1ccc(/C(C#N)=C2\OC3CC(C#N)C(C#N)CC3N(O)C2=O)cc1. The predicted octanol–water partition coefficient (Wildman–Crippen LogP) is 1.99. The molecular weight excluding hydrogens is 348 g/mol. The molecule has 8 nitrogen and oxygen atoms in total. The molecule has 1 heterocycles. The highest BCUT2D eigenvalue weighted by Crippen LogP contribution is 2.39. The lowest BCUT2D eigenvalue weighted by Gasteiger charge is -2.43. The minimum absolute atomic E-state index is 0.0175. The number of morpholine rings is 1. The van der Waals surface area contributed by atoms with Crippen molar-refractivity contribution >= 4 is 11.5 Å². The van der Waals surface area contributed by atoms with Crippen molar-refractivity contribution in [1.29, 1.82) is 15.8 Å². The Morgan fingerprint density at radius 2 is 1.81 bits per heavy atom. The van der Waals surface area contributed by atoms with E-state index in [1.807, 2.05) is 6.07 Å². The van der Waals surface area contributed by atoms with E-state index in [9.17, 15) is 25.8 Å². The van der Waals surface area contributed by atoms with Crippen LogP contribution < -0.4 is 4.74 Å². The summed E-state index contributed by atoms with van der Waals surface area (Å²) in [7, 11) is 1.51. The molecule has 0 bridgehead atoms. The minimum Gasteiger partial charge on any atom is -0.497 e. The van der Waals surface area contributed by atoms with Gasteiger partial charge in [-0.2, -0.15) is 15.8 Å². The van der Waals surface area contributed by atoms with Crippen molar-refractivity contribution < 1.29 is 19.5 Å². The summed E-state index contributed by atoms with van der Waals surface area (Å²) in [4.78, 5) is 12.6. The zero-order valence-electron chi connectivity index (χ0n) is 14.5. The topological polar surface area (TPSA) is 130 Å². The maximum absolute atomic E-state index is 12.6. The van der Waals surface area contributed by atoms with Gasteiger partial charge in [-0.15, -0.1) is 0 Å². The molecule has 1 N–H and O–H groups in total. The molecule has 0 radical (unpaired) electrons. The number of ether oxygens (including phenoxy) is 2. The fourth-order valence-corrected chi connectivity index (χ4v) is 3.44. The van der Waals surface area contributed by atoms with Gasteiger partial charge in [0.2, 0.25) is 5.76 Å². The molecule has 1 saturated carbocycles. The Labute approximate surface area is 156 Å². The molecule has 2 fully saturated rings. The second-order valence-electron chi connectivity index (χ2n) is 6.36. The number of nitrogens with zero attached hydrogens (tertiary/aromatic N) is 4. The first kappa shape index (κ1) is 18.3. The van der Waals surface area contributed by atoms with Gasteiger partial charge in [0, 0.05) is 6.42 Å². The third kappa shape index (κ3) is 3.17. The van der Waals surface area contributed by atoms with Gasteiger partial charge in [0.1, 0.15) is 23.5 Å². The smallest absolute Gasteiger partial charge is 0.314 e. The van der Waals surface area contributed by atoms with E-state index < -0.39 is 29.9 Å². The molecule has 1 aromatic rings. The van der Waals surface area contributed by atoms with Crippen molar-refractivity contribution in [2.75, 3.05) is 7.11 Å². The van der Waals surface area contributed by atoms with Crippen LogP contribution in [0.3, 0.4) is 0 Å². The summed E-state index contributed by atoms with van der Waals surface area (Å²) in [6.07, 6.45) is -0.341. The Bertz CT molecular complexity index is 904. The van der Waals surface area contributed by atoms with E-state index in [0.29, 0.717) is 16.4 Å². The number of nitriles is 3. The van der Waals surface area contributed by atoms with Crippen molar-refractivity contribution in [1.82, 2.24) is 5.06 Å². The second kappa shape index (κ2) is 7.37. The molecule has 1 aromatic carbocycles. The standard InChI is InChI=1S/C19H16N4O4/c1-26-14-4-2-11(3-5-14)15(10-22)18-19(24)23(25)16-6-12(8-20)13(9-21)7-17(16)27-18/h2-5,12-13,16-17,25H,6-7H2,1H3/b18-15-. The third-order valence-corrected chi connectivity index (χ3v) is 4.93. The fraction of sp³-hybridized carbons (Fsp3) is 0.368. The van der Waals surface area contributed by atoms with E-state index in [-0.39, 0.29) is 24.2 Å². The van der Waals surface area contributed by atoms with Crippen LogP contribution in [0.15, 0.2) is 30.0 Å². The van der Waals surface area contributed by atoms with E-state index in [1.54, 1.807) is 24.3 Å². The Morgan fingerprint density at radius 3 is 2.37 bits per heavy atom. The lowest BCUT2D eigenvalue weighted by molar-refractivity contribution is -0.209. The van der Waals surface area contributed by atoms with Gasteiger partial charge in [0.25, 0.3) is 0 Å². The summed E-state index contributed by atoms with van der Waals surface area (Å²) in [5.74, 6) is -1.67. The Balaban J connectivity index is 1.98. The zero-order chi connectivity index (χ0) is 19.6. The highest BCUT2D eigenvalue weighted by molar-refractivity contribution is 6.02. The number of carbonyl (C=O) groups excluding carboxylic acids is 1. The van der Waals surface area contributed by atoms with Crippen molar-refractivity contribution in [3.63, 3.8) is 0 Å². The first-order chi connectivity index (χ1) is 13.0. The van der Waals surface area contributed by atoms with E-state index in [0.717, 1.165) is 0 Å². The molecule has 136 valence electrons. The number of methoxy groups -OCH3 is 1. The van der Waals surface area contributed by atoms with Crippen LogP contribution in [0, 0.1) is 45.8 Å². The van der Waals surface area contributed by atoms with Crippen LogP contribution in [0.1, 0.15) is 18.4 Å². The number of amides is 1. The van der Waals surface area contributed by atoms with Crippen molar-refractivity contribution in [3.8, 4) is 24.0 Å². The average molecular weight is 364 g/mol. The van der Waals surface area contributed by atoms with Crippen molar-refractivity contribution in [2.45, 2.75) is 25.0 Å². The summed E-state index contributed by atoms with van der Waals surface area (Å²) in [6.45, 7) is 0. The van der Waals surface area contributed by atoms with E-state index in [2.05, 4.69) is 12.1 Å². The largest absolute Gasteiger partial charge is 0.497 e. The Hall–Kier alpha value is -3.54. The maximum atomic E-state index is 12.6. The summed E-state index contributed by atoms with van der Waals surface area (Å²) >= 11 is 0. The van der Waals surface area contributed by atoms with Crippen LogP contribution in [-0.2, 0) is 9.53 Å².